The van der Waals surface area contributed by atoms with Crippen LogP contribution < -0.4 is 0 Å². The molecule has 1 amide bonds. The van der Waals surface area contributed by atoms with Gasteiger partial charge in [0.25, 0.3) is 0 Å². The summed E-state index contributed by atoms with van der Waals surface area (Å²) in [4.78, 5) is 17.7. The molecule has 0 spiro atoms. The fourth-order valence-corrected chi connectivity index (χ4v) is 3.73. The molecule has 3 heteroatoms. The van der Waals surface area contributed by atoms with Crippen LogP contribution in [0.15, 0.2) is 72.9 Å². The normalized spacial score (nSPS) is 11.1. The van der Waals surface area contributed by atoms with Gasteiger partial charge in [0, 0.05) is 37.1 Å². The zero-order valence-electron chi connectivity index (χ0n) is 15.6. The van der Waals surface area contributed by atoms with Gasteiger partial charge in [-0.05, 0) is 40.8 Å². The van der Waals surface area contributed by atoms with Gasteiger partial charge in [-0.25, -0.2) is 0 Å². The zero-order valence-corrected chi connectivity index (χ0v) is 15.6. The van der Waals surface area contributed by atoms with Crippen molar-refractivity contribution in [3.05, 3.63) is 84.1 Å². The van der Waals surface area contributed by atoms with Crippen molar-refractivity contribution in [1.82, 2.24) is 9.88 Å². The second-order valence-electron chi connectivity index (χ2n) is 7.10. The molecule has 3 nitrogen and oxygen atoms in total. The summed E-state index contributed by atoms with van der Waals surface area (Å²) < 4.78 is 0. The van der Waals surface area contributed by atoms with E-state index >= 15 is 0 Å². The average Bonchev–Trinajstić information content (AvgIpc) is 3.11. The fourth-order valence-electron chi connectivity index (χ4n) is 3.73. The highest BCUT2D eigenvalue weighted by Gasteiger charge is 2.11. The van der Waals surface area contributed by atoms with Gasteiger partial charge in [0.05, 0.1) is 0 Å². The van der Waals surface area contributed by atoms with Crippen molar-refractivity contribution in [2.24, 2.45) is 0 Å². The number of fused-ring (bicyclic) bond motifs is 2. The summed E-state index contributed by atoms with van der Waals surface area (Å²) in [6, 6.07) is 22.9. The van der Waals surface area contributed by atoms with E-state index in [0.29, 0.717) is 13.0 Å². The zero-order chi connectivity index (χ0) is 18.6. The number of para-hydroxylation sites is 1. The number of carbonyl (C=O) groups is 1. The summed E-state index contributed by atoms with van der Waals surface area (Å²) in [5, 5.41) is 3.70. The minimum Gasteiger partial charge on any atom is -0.361 e. The number of rotatable bonds is 6. The molecule has 1 aromatic heterocycles. The van der Waals surface area contributed by atoms with E-state index in [4.69, 9.17) is 0 Å². The van der Waals surface area contributed by atoms with Crippen LogP contribution in [0.2, 0.25) is 0 Å². The molecule has 4 rings (SSSR count). The SMILES string of the molecule is CN(Cc1cccc2ccccc12)C(=O)CCCc1c[nH]c2ccccc12. The maximum absolute atomic E-state index is 12.6. The number of amides is 1. The van der Waals surface area contributed by atoms with Gasteiger partial charge >= 0.3 is 0 Å². The molecule has 27 heavy (non-hydrogen) atoms. The third-order valence-electron chi connectivity index (χ3n) is 5.22. The van der Waals surface area contributed by atoms with Crippen LogP contribution in [0.4, 0.5) is 0 Å². The van der Waals surface area contributed by atoms with Gasteiger partial charge in [-0.3, -0.25) is 4.79 Å². The van der Waals surface area contributed by atoms with Crippen LogP contribution in [-0.2, 0) is 17.8 Å². The first-order valence-electron chi connectivity index (χ1n) is 9.48. The standard InChI is InChI=1S/C24H24N2O/c1-26(17-20-11-6-9-18-8-2-3-12-21(18)20)24(27)15-7-10-19-16-25-23-14-5-4-13-22(19)23/h2-6,8-9,11-14,16,25H,7,10,15,17H2,1H3. The molecule has 0 fully saturated rings. The molecular formula is C24H24N2O. The minimum atomic E-state index is 0.197. The maximum atomic E-state index is 12.6. The Morgan fingerprint density at radius 3 is 2.52 bits per heavy atom. The number of aromatic amines is 1. The Morgan fingerprint density at radius 2 is 1.63 bits per heavy atom. The van der Waals surface area contributed by atoms with Crippen molar-refractivity contribution in [2.75, 3.05) is 7.05 Å². The number of nitrogens with zero attached hydrogens (tertiary/aromatic N) is 1. The quantitative estimate of drug-likeness (QED) is 0.500. The highest BCUT2D eigenvalue weighted by Crippen LogP contribution is 2.21. The van der Waals surface area contributed by atoms with Crippen LogP contribution in [0.5, 0.6) is 0 Å². The molecule has 0 aliphatic rings. The topological polar surface area (TPSA) is 36.1 Å². The van der Waals surface area contributed by atoms with Crippen LogP contribution in [0.3, 0.4) is 0 Å². The molecule has 0 radical (unpaired) electrons. The molecule has 0 bridgehead atoms. The lowest BCUT2D eigenvalue weighted by atomic mass is 10.0. The summed E-state index contributed by atoms with van der Waals surface area (Å²) in [7, 11) is 1.90. The van der Waals surface area contributed by atoms with Gasteiger partial charge in [-0.1, -0.05) is 60.7 Å². The molecule has 0 saturated heterocycles. The summed E-state index contributed by atoms with van der Waals surface area (Å²) in [5.41, 5.74) is 3.64. The van der Waals surface area contributed by atoms with Gasteiger partial charge in [0.15, 0.2) is 0 Å². The minimum absolute atomic E-state index is 0.197. The van der Waals surface area contributed by atoms with Crippen molar-refractivity contribution < 1.29 is 4.79 Å². The first kappa shape index (κ1) is 17.3. The Balaban J connectivity index is 1.36. The van der Waals surface area contributed by atoms with E-state index in [1.165, 1.54) is 27.3 Å². The molecule has 0 unspecified atom stereocenters. The largest absolute Gasteiger partial charge is 0.361 e. The van der Waals surface area contributed by atoms with Crippen LogP contribution in [-0.4, -0.2) is 22.8 Å². The Kier molecular flexibility index (Phi) is 4.93. The number of carbonyl (C=O) groups excluding carboxylic acids is 1. The second kappa shape index (κ2) is 7.67. The third kappa shape index (κ3) is 3.72. The van der Waals surface area contributed by atoms with Crippen molar-refractivity contribution in [1.29, 1.82) is 0 Å². The van der Waals surface area contributed by atoms with Crippen LogP contribution in [0, 0.1) is 0 Å². The Morgan fingerprint density at radius 1 is 0.889 bits per heavy atom. The van der Waals surface area contributed by atoms with Gasteiger partial charge in [-0.15, -0.1) is 0 Å². The molecular weight excluding hydrogens is 332 g/mol. The molecule has 3 aromatic carbocycles. The molecule has 0 saturated carbocycles. The van der Waals surface area contributed by atoms with E-state index < -0.39 is 0 Å². The van der Waals surface area contributed by atoms with Crippen molar-refractivity contribution in [2.45, 2.75) is 25.8 Å². The number of benzene rings is 3. The van der Waals surface area contributed by atoms with Crippen molar-refractivity contribution in [3.63, 3.8) is 0 Å². The molecule has 136 valence electrons. The number of aryl methyl sites for hydroxylation is 1. The van der Waals surface area contributed by atoms with Crippen LogP contribution in [0.1, 0.15) is 24.0 Å². The number of nitrogens with one attached hydrogen (secondary N) is 1. The number of hydrogen-bond donors (Lipinski definition) is 1. The average molecular weight is 356 g/mol. The number of hydrogen-bond acceptors (Lipinski definition) is 1. The Hall–Kier alpha value is -3.07. The molecule has 0 aliphatic carbocycles. The van der Waals surface area contributed by atoms with E-state index in [-0.39, 0.29) is 5.91 Å². The van der Waals surface area contributed by atoms with Crippen molar-refractivity contribution in [3.8, 4) is 0 Å². The van der Waals surface area contributed by atoms with E-state index in [1.807, 2.05) is 24.1 Å². The lowest BCUT2D eigenvalue weighted by molar-refractivity contribution is -0.130. The predicted molar refractivity (Wildman–Crippen MR) is 112 cm³/mol. The van der Waals surface area contributed by atoms with Gasteiger partial charge in [0.2, 0.25) is 5.91 Å². The highest BCUT2D eigenvalue weighted by atomic mass is 16.2. The molecule has 0 atom stereocenters. The predicted octanol–water partition coefficient (Wildman–Crippen LogP) is 5.30. The van der Waals surface area contributed by atoms with Gasteiger partial charge < -0.3 is 9.88 Å². The fraction of sp³-hybridized carbons (Fsp3) is 0.208. The van der Waals surface area contributed by atoms with Crippen LogP contribution in [0.25, 0.3) is 21.7 Å². The number of aromatic nitrogens is 1. The first-order valence-corrected chi connectivity index (χ1v) is 9.48. The molecule has 1 heterocycles. The lowest BCUT2D eigenvalue weighted by Crippen LogP contribution is -2.26. The Labute approximate surface area is 159 Å². The third-order valence-corrected chi connectivity index (χ3v) is 5.22. The number of H-pyrrole nitrogens is 1. The van der Waals surface area contributed by atoms with E-state index in [1.54, 1.807) is 0 Å². The summed E-state index contributed by atoms with van der Waals surface area (Å²) in [5.74, 6) is 0.197. The molecule has 1 N–H and O–H groups in total. The summed E-state index contributed by atoms with van der Waals surface area (Å²) in [6.45, 7) is 0.646. The Bertz CT molecular complexity index is 1070. The molecule has 4 aromatic rings. The van der Waals surface area contributed by atoms with E-state index in [9.17, 15) is 4.79 Å². The summed E-state index contributed by atoms with van der Waals surface area (Å²) >= 11 is 0. The molecule has 0 aliphatic heterocycles. The smallest absolute Gasteiger partial charge is 0.222 e. The monoisotopic (exact) mass is 356 g/mol. The van der Waals surface area contributed by atoms with E-state index in [2.05, 4.69) is 65.8 Å². The van der Waals surface area contributed by atoms with Gasteiger partial charge in [0.1, 0.15) is 0 Å². The highest BCUT2D eigenvalue weighted by molar-refractivity contribution is 5.86. The van der Waals surface area contributed by atoms with Crippen LogP contribution >= 0.6 is 0 Å². The first-order chi connectivity index (χ1) is 13.2. The van der Waals surface area contributed by atoms with Gasteiger partial charge in [-0.2, -0.15) is 0 Å². The lowest BCUT2D eigenvalue weighted by Gasteiger charge is -2.18. The second-order valence-corrected chi connectivity index (χ2v) is 7.10. The van der Waals surface area contributed by atoms with E-state index in [0.717, 1.165) is 18.4 Å². The summed E-state index contributed by atoms with van der Waals surface area (Å²) in [6.07, 6.45) is 4.41. The maximum Gasteiger partial charge on any atom is 0.222 e. The van der Waals surface area contributed by atoms with Crippen molar-refractivity contribution >= 4 is 27.6 Å².